The number of carbonyl (C=O) groups excluding carboxylic acids is 1. The highest BCUT2D eigenvalue weighted by Gasteiger charge is 2.21. The third-order valence-electron chi connectivity index (χ3n) is 4.57. The molecule has 0 bridgehead atoms. The van der Waals surface area contributed by atoms with Gasteiger partial charge in [-0.05, 0) is 54.4 Å². The standard InChI is InChI=1S/C23H17F2N3O2/c1-14(23-27-21(28-30-23)16-7-9-17(24)10-8-16)26-22(29)20-13-18(25)11-12-19(20)15-5-3-2-4-6-15/h2-14H,1H3,(H,26,29)/t14-/m0/s1. The Hall–Kier alpha value is -3.87. The number of nitrogens with one attached hydrogen (secondary N) is 1. The van der Waals surface area contributed by atoms with Crippen LogP contribution in [0.2, 0.25) is 0 Å². The fourth-order valence-corrected chi connectivity index (χ4v) is 3.04. The van der Waals surface area contributed by atoms with Crippen LogP contribution in [-0.2, 0) is 0 Å². The van der Waals surface area contributed by atoms with Gasteiger partial charge < -0.3 is 9.84 Å². The second-order valence-corrected chi connectivity index (χ2v) is 6.71. The molecule has 3 aromatic carbocycles. The highest BCUT2D eigenvalue weighted by molar-refractivity contribution is 6.01. The number of hydrogen-bond donors (Lipinski definition) is 1. The number of halogens is 2. The van der Waals surface area contributed by atoms with Crippen LogP contribution < -0.4 is 5.32 Å². The Morgan fingerprint density at radius 2 is 1.63 bits per heavy atom. The van der Waals surface area contributed by atoms with Crippen LogP contribution in [0, 0.1) is 11.6 Å². The molecule has 1 atom stereocenters. The van der Waals surface area contributed by atoms with E-state index in [9.17, 15) is 13.6 Å². The zero-order chi connectivity index (χ0) is 21.1. The van der Waals surface area contributed by atoms with Gasteiger partial charge >= 0.3 is 0 Å². The molecule has 0 saturated carbocycles. The Kier molecular flexibility index (Phi) is 5.34. The average Bonchev–Trinajstić information content (AvgIpc) is 3.25. The lowest BCUT2D eigenvalue weighted by Crippen LogP contribution is -2.27. The molecule has 0 aliphatic rings. The maximum absolute atomic E-state index is 13.9. The predicted molar refractivity (Wildman–Crippen MR) is 107 cm³/mol. The van der Waals surface area contributed by atoms with E-state index in [0.29, 0.717) is 11.1 Å². The lowest BCUT2D eigenvalue weighted by Gasteiger charge is -2.13. The first kappa shape index (κ1) is 19.4. The van der Waals surface area contributed by atoms with E-state index in [1.54, 1.807) is 13.0 Å². The van der Waals surface area contributed by atoms with Crippen LogP contribution in [0.25, 0.3) is 22.5 Å². The summed E-state index contributed by atoms with van der Waals surface area (Å²) in [5.41, 5.74) is 2.19. The number of aromatic nitrogens is 2. The van der Waals surface area contributed by atoms with Crippen molar-refractivity contribution in [1.82, 2.24) is 15.5 Å². The van der Waals surface area contributed by atoms with Crippen molar-refractivity contribution in [1.29, 1.82) is 0 Å². The van der Waals surface area contributed by atoms with Gasteiger partial charge in [-0.15, -0.1) is 0 Å². The van der Waals surface area contributed by atoms with Gasteiger partial charge in [-0.2, -0.15) is 4.98 Å². The maximum Gasteiger partial charge on any atom is 0.252 e. The van der Waals surface area contributed by atoms with E-state index in [1.807, 2.05) is 30.3 Å². The normalized spacial score (nSPS) is 11.8. The molecule has 30 heavy (non-hydrogen) atoms. The van der Waals surface area contributed by atoms with Crippen molar-refractivity contribution >= 4 is 5.91 Å². The summed E-state index contributed by atoms with van der Waals surface area (Å²) in [6.45, 7) is 1.68. The highest BCUT2D eigenvalue weighted by atomic mass is 19.1. The monoisotopic (exact) mass is 405 g/mol. The number of rotatable bonds is 5. The van der Waals surface area contributed by atoms with Crippen molar-refractivity contribution < 1.29 is 18.1 Å². The third kappa shape index (κ3) is 4.10. The molecule has 0 spiro atoms. The van der Waals surface area contributed by atoms with Crippen molar-refractivity contribution in [2.24, 2.45) is 0 Å². The number of amides is 1. The summed E-state index contributed by atoms with van der Waals surface area (Å²) in [5.74, 6) is -0.888. The molecule has 0 fully saturated rings. The maximum atomic E-state index is 13.9. The predicted octanol–water partition coefficient (Wildman–Crippen LogP) is 5.17. The topological polar surface area (TPSA) is 68.0 Å². The Balaban J connectivity index is 1.56. The van der Waals surface area contributed by atoms with Crippen molar-refractivity contribution in [3.8, 4) is 22.5 Å². The lowest BCUT2D eigenvalue weighted by molar-refractivity contribution is 0.0932. The number of nitrogens with zero attached hydrogens (tertiary/aromatic N) is 2. The Bertz CT molecular complexity index is 1170. The summed E-state index contributed by atoms with van der Waals surface area (Å²) in [5, 5.41) is 6.64. The fraction of sp³-hybridized carbons (Fsp3) is 0.0870. The van der Waals surface area contributed by atoms with Crippen LogP contribution in [-0.4, -0.2) is 16.0 Å². The largest absolute Gasteiger partial charge is 0.340 e. The quantitative estimate of drug-likeness (QED) is 0.497. The van der Waals surface area contributed by atoms with E-state index >= 15 is 0 Å². The molecule has 1 N–H and O–H groups in total. The first-order valence-electron chi connectivity index (χ1n) is 9.26. The Morgan fingerprint density at radius 3 is 2.37 bits per heavy atom. The number of carbonyl (C=O) groups is 1. The van der Waals surface area contributed by atoms with E-state index in [0.717, 1.165) is 5.56 Å². The molecule has 4 aromatic rings. The summed E-state index contributed by atoms with van der Waals surface area (Å²) in [4.78, 5) is 17.1. The van der Waals surface area contributed by atoms with Gasteiger partial charge in [-0.25, -0.2) is 8.78 Å². The second kappa shape index (κ2) is 8.24. The van der Waals surface area contributed by atoms with Crippen LogP contribution in [0.3, 0.4) is 0 Å². The van der Waals surface area contributed by atoms with Crippen molar-refractivity contribution in [3.63, 3.8) is 0 Å². The molecular weight excluding hydrogens is 388 g/mol. The van der Waals surface area contributed by atoms with Crippen LogP contribution >= 0.6 is 0 Å². The molecule has 0 saturated heterocycles. The van der Waals surface area contributed by atoms with Crippen LogP contribution in [0.5, 0.6) is 0 Å². The molecular formula is C23H17F2N3O2. The highest BCUT2D eigenvalue weighted by Crippen LogP contribution is 2.25. The fourth-order valence-electron chi connectivity index (χ4n) is 3.04. The second-order valence-electron chi connectivity index (χ2n) is 6.71. The van der Waals surface area contributed by atoms with Gasteiger partial charge in [0.15, 0.2) is 0 Å². The molecule has 7 heteroatoms. The Morgan fingerprint density at radius 1 is 0.933 bits per heavy atom. The van der Waals surface area contributed by atoms with Gasteiger partial charge in [0.2, 0.25) is 11.7 Å². The first-order valence-corrected chi connectivity index (χ1v) is 9.26. The van der Waals surface area contributed by atoms with Gasteiger partial charge in [0.05, 0.1) is 5.56 Å². The minimum absolute atomic E-state index is 0.181. The molecule has 1 amide bonds. The SMILES string of the molecule is C[C@H](NC(=O)c1cc(F)ccc1-c1ccccc1)c1nc(-c2ccc(F)cc2)no1. The minimum Gasteiger partial charge on any atom is -0.340 e. The molecule has 0 aliphatic heterocycles. The van der Waals surface area contributed by atoms with Crippen LogP contribution in [0.4, 0.5) is 8.78 Å². The first-order chi connectivity index (χ1) is 14.5. The molecule has 5 nitrogen and oxygen atoms in total. The molecule has 150 valence electrons. The van der Waals surface area contributed by atoms with E-state index < -0.39 is 17.8 Å². The summed E-state index contributed by atoms with van der Waals surface area (Å²) < 4.78 is 32.2. The van der Waals surface area contributed by atoms with Gasteiger partial charge in [-0.1, -0.05) is 41.6 Å². The summed E-state index contributed by atoms with van der Waals surface area (Å²) >= 11 is 0. The molecule has 1 aromatic heterocycles. The molecule has 0 unspecified atom stereocenters. The molecule has 1 heterocycles. The molecule has 4 rings (SSSR count). The van der Waals surface area contributed by atoms with Crippen LogP contribution in [0.15, 0.2) is 77.3 Å². The lowest BCUT2D eigenvalue weighted by atomic mass is 9.99. The van der Waals surface area contributed by atoms with Gasteiger partial charge in [-0.3, -0.25) is 4.79 Å². The van der Waals surface area contributed by atoms with Crippen molar-refractivity contribution in [2.45, 2.75) is 13.0 Å². The summed E-state index contributed by atoms with van der Waals surface area (Å²) in [7, 11) is 0. The summed E-state index contributed by atoms with van der Waals surface area (Å²) in [6, 6.07) is 18.4. The molecule has 0 radical (unpaired) electrons. The van der Waals surface area contributed by atoms with Crippen LogP contribution in [0.1, 0.15) is 29.2 Å². The van der Waals surface area contributed by atoms with E-state index in [2.05, 4.69) is 15.5 Å². The van der Waals surface area contributed by atoms with Gasteiger partial charge in [0.25, 0.3) is 5.91 Å². The van der Waals surface area contributed by atoms with Gasteiger partial charge in [0, 0.05) is 5.56 Å². The van der Waals surface area contributed by atoms with E-state index in [-0.39, 0.29) is 23.1 Å². The van der Waals surface area contributed by atoms with Crippen molar-refractivity contribution in [2.75, 3.05) is 0 Å². The zero-order valence-corrected chi connectivity index (χ0v) is 16.0. The average molecular weight is 405 g/mol. The number of hydrogen-bond acceptors (Lipinski definition) is 4. The summed E-state index contributed by atoms with van der Waals surface area (Å²) in [6.07, 6.45) is 0. The Labute approximate surface area is 171 Å². The van der Waals surface area contributed by atoms with E-state index in [1.165, 1.54) is 36.4 Å². The van der Waals surface area contributed by atoms with Gasteiger partial charge in [0.1, 0.15) is 17.7 Å². The third-order valence-corrected chi connectivity index (χ3v) is 4.57. The zero-order valence-electron chi connectivity index (χ0n) is 16.0. The van der Waals surface area contributed by atoms with Crippen molar-refractivity contribution in [3.05, 3.63) is 95.9 Å². The molecule has 0 aliphatic carbocycles. The minimum atomic E-state index is -0.619. The smallest absolute Gasteiger partial charge is 0.252 e. The van der Waals surface area contributed by atoms with E-state index in [4.69, 9.17) is 4.52 Å². The number of benzene rings is 3.